The molecule has 0 N–H and O–H groups in total. The van der Waals surface area contributed by atoms with E-state index < -0.39 is 5.82 Å². The van der Waals surface area contributed by atoms with Gasteiger partial charge in [-0.1, -0.05) is 29.8 Å². The summed E-state index contributed by atoms with van der Waals surface area (Å²) in [4.78, 5) is 12.2. The third-order valence-corrected chi connectivity index (χ3v) is 3.51. The molecule has 110 valence electrons. The van der Waals surface area contributed by atoms with E-state index in [2.05, 4.69) is 0 Å². The van der Waals surface area contributed by atoms with Crippen molar-refractivity contribution in [2.24, 2.45) is 0 Å². The lowest BCUT2D eigenvalue weighted by molar-refractivity contribution is -0.117. The zero-order valence-corrected chi connectivity index (χ0v) is 12.6. The molecule has 0 bridgehead atoms. The Balaban J connectivity index is 2.08. The maximum atomic E-state index is 13.6. The van der Waals surface area contributed by atoms with E-state index in [-0.39, 0.29) is 18.0 Å². The van der Waals surface area contributed by atoms with E-state index in [1.54, 1.807) is 12.1 Å². The van der Waals surface area contributed by atoms with Crippen LogP contribution in [0, 0.1) is 19.7 Å². The van der Waals surface area contributed by atoms with Crippen molar-refractivity contribution in [3.05, 3.63) is 64.5 Å². The smallest absolute Gasteiger partial charge is 0.165 e. The molecule has 0 saturated carbocycles. The highest BCUT2D eigenvalue weighted by molar-refractivity contribution is 5.83. The van der Waals surface area contributed by atoms with Crippen LogP contribution in [0.5, 0.6) is 5.75 Å². The highest BCUT2D eigenvalue weighted by atomic mass is 19.1. The first-order chi connectivity index (χ1) is 9.99. The number of aryl methyl sites for hydroxylation is 2. The molecular formula is C18H19FO2. The molecule has 0 saturated heterocycles. The minimum Gasteiger partial charge on any atom is -0.494 e. The van der Waals surface area contributed by atoms with Gasteiger partial charge in [0, 0.05) is 12.8 Å². The SMILES string of the molecule is COc1ccc(CC(=O)Cc2cc(C)ccc2C)cc1F. The summed E-state index contributed by atoms with van der Waals surface area (Å²) >= 11 is 0. The summed E-state index contributed by atoms with van der Waals surface area (Å²) in [7, 11) is 1.42. The standard InChI is InChI=1S/C18H19FO2/c1-12-4-5-13(2)15(8-12)11-16(20)9-14-6-7-18(21-3)17(19)10-14/h4-8,10H,9,11H2,1-3H3. The van der Waals surface area contributed by atoms with Gasteiger partial charge in [-0.05, 0) is 42.7 Å². The van der Waals surface area contributed by atoms with E-state index in [0.29, 0.717) is 12.0 Å². The minimum atomic E-state index is -0.436. The molecule has 0 amide bonds. The van der Waals surface area contributed by atoms with Gasteiger partial charge in [-0.2, -0.15) is 0 Å². The second-order valence-electron chi connectivity index (χ2n) is 5.29. The lowest BCUT2D eigenvalue weighted by Gasteiger charge is -2.08. The lowest BCUT2D eigenvalue weighted by Crippen LogP contribution is -2.08. The van der Waals surface area contributed by atoms with Crippen LogP contribution in [-0.4, -0.2) is 12.9 Å². The van der Waals surface area contributed by atoms with E-state index in [1.165, 1.54) is 13.2 Å². The number of Topliss-reactive ketones (excluding diaryl/α,β-unsaturated/α-hetero) is 1. The van der Waals surface area contributed by atoms with E-state index >= 15 is 0 Å². The zero-order valence-electron chi connectivity index (χ0n) is 12.6. The summed E-state index contributed by atoms with van der Waals surface area (Å²) in [5.74, 6) is -0.163. The summed E-state index contributed by atoms with van der Waals surface area (Å²) in [5, 5.41) is 0. The molecule has 0 radical (unpaired) electrons. The van der Waals surface area contributed by atoms with E-state index in [0.717, 1.165) is 16.7 Å². The number of benzene rings is 2. The summed E-state index contributed by atoms with van der Waals surface area (Å²) in [6.07, 6.45) is 0.607. The quantitative estimate of drug-likeness (QED) is 0.835. The summed E-state index contributed by atoms with van der Waals surface area (Å²) in [5.41, 5.74) is 3.95. The summed E-state index contributed by atoms with van der Waals surface area (Å²) in [6.45, 7) is 4.00. The van der Waals surface area contributed by atoms with Crippen LogP contribution in [-0.2, 0) is 17.6 Å². The molecule has 0 aliphatic rings. The molecule has 0 aliphatic heterocycles. The maximum absolute atomic E-state index is 13.6. The Hall–Kier alpha value is -2.16. The molecule has 0 unspecified atom stereocenters. The van der Waals surface area contributed by atoms with Gasteiger partial charge in [0.15, 0.2) is 11.6 Å². The van der Waals surface area contributed by atoms with Crippen molar-refractivity contribution in [3.8, 4) is 5.75 Å². The Morgan fingerprint density at radius 2 is 1.86 bits per heavy atom. The average Bonchev–Trinajstić information content (AvgIpc) is 2.43. The zero-order chi connectivity index (χ0) is 15.4. The van der Waals surface area contributed by atoms with Gasteiger partial charge in [0.05, 0.1) is 7.11 Å². The monoisotopic (exact) mass is 286 g/mol. The van der Waals surface area contributed by atoms with Crippen molar-refractivity contribution in [2.45, 2.75) is 26.7 Å². The molecule has 0 atom stereocenters. The maximum Gasteiger partial charge on any atom is 0.165 e. The van der Waals surface area contributed by atoms with Crippen LogP contribution in [0.4, 0.5) is 4.39 Å². The number of carbonyl (C=O) groups excluding carboxylic acids is 1. The third-order valence-electron chi connectivity index (χ3n) is 3.51. The first-order valence-electron chi connectivity index (χ1n) is 6.90. The van der Waals surface area contributed by atoms with E-state index in [4.69, 9.17) is 4.74 Å². The van der Waals surface area contributed by atoms with Crippen LogP contribution in [0.2, 0.25) is 0 Å². The van der Waals surface area contributed by atoms with E-state index in [1.807, 2.05) is 32.0 Å². The largest absolute Gasteiger partial charge is 0.494 e. The predicted octanol–water partition coefficient (Wildman–Crippen LogP) is 3.81. The summed E-state index contributed by atoms with van der Waals surface area (Å²) < 4.78 is 18.5. The number of rotatable bonds is 5. The Labute approximate surface area is 124 Å². The Morgan fingerprint density at radius 3 is 2.52 bits per heavy atom. The van der Waals surface area contributed by atoms with Crippen molar-refractivity contribution in [2.75, 3.05) is 7.11 Å². The number of methoxy groups -OCH3 is 1. The molecule has 2 aromatic rings. The van der Waals surface area contributed by atoms with Crippen LogP contribution in [0.25, 0.3) is 0 Å². The van der Waals surface area contributed by atoms with Crippen molar-refractivity contribution in [1.29, 1.82) is 0 Å². The molecule has 0 aliphatic carbocycles. The van der Waals surface area contributed by atoms with Gasteiger partial charge in [0.1, 0.15) is 5.78 Å². The first-order valence-corrected chi connectivity index (χ1v) is 6.90. The van der Waals surface area contributed by atoms with Crippen LogP contribution in [0.15, 0.2) is 36.4 Å². The average molecular weight is 286 g/mol. The molecule has 0 fully saturated rings. The van der Waals surface area contributed by atoms with Crippen LogP contribution in [0.3, 0.4) is 0 Å². The normalized spacial score (nSPS) is 10.5. The number of ketones is 1. The fourth-order valence-corrected chi connectivity index (χ4v) is 2.31. The molecule has 2 nitrogen and oxygen atoms in total. The van der Waals surface area contributed by atoms with Crippen LogP contribution < -0.4 is 4.74 Å². The second kappa shape index (κ2) is 6.53. The van der Waals surface area contributed by atoms with Crippen molar-refractivity contribution < 1.29 is 13.9 Å². The number of ether oxygens (including phenoxy) is 1. The molecule has 0 aromatic heterocycles. The van der Waals surface area contributed by atoms with Gasteiger partial charge in [-0.25, -0.2) is 4.39 Å². The molecule has 0 spiro atoms. The number of halogens is 1. The Kier molecular flexibility index (Phi) is 4.73. The number of hydrogen-bond donors (Lipinski definition) is 0. The highest BCUT2D eigenvalue weighted by Gasteiger charge is 2.10. The summed E-state index contributed by atoms with van der Waals surface area (Å²) in [6, 6.07) is 10.7. The minimum absolute atomic E-state index is 0.0771. The van der Waals surface area contributed by atoms with E-state index in [9.17, 15) is 9.18 Å². The molecular weight excluding hydrogens is 267 g/mol. The van der Waals surface area contributed by atoms with Crippen LogP contribution in [0.1, 0.15) is 22.3 Å². The van der Waals surface area contributed by atoms with Crippen molar-refractivity contribution in [1.82, 2.24) is 0 Å². The molecule has 2 rings (SSSR count). The first kappa shape index (κ1) is 15.2. The molecule has 3 heteroatoms. The fourth-order valence-electron chi connectivity index (χ4n) is 2.31. The highest BCUT2D eigenvalue weighted by Crippen LogP contribution is 2.19. The Morgan fingerprint density at radius 1 is 1.10 bits per heavy atom. The molecule has 21 heavy (non-hydrogen) atoms. The van der Waals surface area contributed by atoms with Gasteiger partial charge in [-0.3, -0.25) is 4.79 Å². The van der Waals surface area contributed by atoms with Gasteiger partial charge >= 0.3 is 0 Å². The van der Waals surface area contributed by atoms with Crippen LogP contribution >= 0.6 is 0 Å². The second-order valence-corrected chi connectivity index (χ2v) is 5.29. The van der Waals surface area contributed by atoms with Gasteiger partial charge < -0.3 is 4.74 Å². The molecule has 2 aromatic carbocycles. The van der Waals surface area contributed by atoms with Crippen molar-refractivity contribution in [3.63, 3.8) is 0 Å². The number of hydrogen-bond acceptors (Lipinski definition) is 2. The van der Waals surface area contributed by atoms with Crippen molar-refractivity contribution >= 4 is 5.78 Å². The Bertz CT molecular complexity index is 662. The number of carbonyl (C=O) groups is 1. The lowest BCUT2D eigenvalue weighted by atomic mass is 9.98. The third kappa shape index (κ3) is 3.91. The fraction of sp³-hybridized carbons (Fsp3) is 0.278. The molecule has 0 heterocycles. The van der Waals surface area contributed by atoms with Gasteiger partial charge in [0.25, 0.3) is 0 Å². The van der Waals surface area contributed by atoms with Gasteiger partial charge in [-0.15, -0.1) is 0 Å². The topological polar surface area (TPSA) is 26.3 Å². The predicted molar refractivity (Wildman–Crippen MR) is 81.3 cm³/mol. The van der Waals surface area contributed by atoms with Gasteiger partial charge in [0.2, 0.25) is 0 Å².